The standard InChI is InChI=1S/C16H16ClF3N2O2/c1-9-6-7-13-11(8-9)15(24,16(18,19)20)22(21-13)14(23)10-4-2-3-5-12(10)17/h2-5,9,11,24H,6-8H2,1H3/t9-,11+,15-/m1/s1. The quantitative estimate of drug-likeness (QED) is 0.827. The molecule has 0 saturated heterocycles. The van der Waals surface area contributed by atoms with Crippen molar-refractivity contribution < 1.29 is 23.1 Å². The largest absolute Gasteiger partial charge is 0.439 e. The Morgan fingerprint density at radius 2 is 2.08 bits per heavy atom. The van der Waals surface area contributed by atoms with Crippen molar-refractivity contribution in [2.24, 2.45) is 16.9 Å². The molecule has 1 aliphatic heterocycles. The number of hydrogen-bond acceptors (Lipinski definition) is 3. The monoisotopic (exact) mass is 360 g/mol. The van der Waals surface area contributed by atoms with E-state index in [4.69, 9.17) is 11.6 Å². The van der Waals surface area contributed by atoms with Gasteiger partial charge in [-0.05, 0) is 37.3 Å². The van der Waals surface area contributed by atoms with Crippen molar-refractivity contribution >= 4 is 23.2 Å². The molecule has 1 amide bonds. The van der Waals surface area contributed by atoms with Gasteiger partial charge in [0.2, 0.25) is 0 Å². The van der Waals surface area contributed by atoms with Gasteiger partial charge in [0, 0.05) is 5.71 Å². The minimum Gasteiger partial charge on any atom is -0.362 e. The second kappa shape index (κ2) is 5.74. The minimum absolute atomic E-state index is 0.00969. The Hall–Kier alpha value is -1.60. The van der Waals surface area contributed by atoms with Crippen LogP contribution in [0.4, 0.5) is 13.2 Å². The summed E-state index contributed by atoms with van der Waals surface area (Å²) in [5.41, 5.74) is -3.25. The second-order valence-electron chi connectivity index (χ2n) is 6.34. The van der Waals surface area contributed by atoms with Gasteiger partial charge in [-0.2, -0.15) is 23.3 Å². The van der Waals surface area contributed by atoms with Crippen molar-refractivity contribution in [2.45, 2.75) is 38.1 Å². The Bertz CT molecular complexity index is 707. The Balaban J connectivity index is 2.07. The molecular weight excluding hydrogens is 345 g/mol. The molecule has 3 atom stereocenters. The summed E-state index contributed by atoms with van der Waals surface area (Å²) in [5, 5.41) is 14.6. The zero-order chi connectivity index (χ0) is 17.7. The van der Waals surface area contributed by atoms with Crippen LogP contribution in [0.25, 0.3) is 0 Å². The van der Waals surface area contributed by atoms with Crippen LogP contribution in [0.15, 0.2) is 29.4 Å². The number of amides is 1. The van der Waals surface area contributed by atoms with Crippen molar-refractivity contribution in [3.63, 3.8) is 0 Å². The molecule has 1 aliphatic carbocycles. The molecular formula is C16H16ClF3N2O2. The molecule has 1 N–H and O–H groups in total. The molecule has 0 radical (unpaired) electrons. The van der Waals surface area contributed by atoms with Crippen LogP contribution >= 0.6 is 11.6 Å². The zero-order valence-electron chi connectivity index (χ0n) is 12.8. The number of hydrazone groups is 1. The van der Waals surface area contributed by atoms with Crippen LogP contribution < -0.4 is 0 Å². The summed E-state index contributed by atoms with van der Waals surface area (Å²) in [5.74, 6) is -2.29. The maximum atomic E-state index is 13.7. The predicted molar refractivity (Wildman–Crippen MR) is 82.6 cm³/mol. The number of fused-ring (bicyclic) bond motifs is 1. The first-order valence-electron chi connectivity index (χ1n) is 7.61. The number of carbonyl (C=O) groups is 1. The van der Waals surface area contributed by atoms with Gasteiger partial charge in [0.15, 0.2) is 0 Å². The molecule has 1 heterocycles. The van der Waals surface area contributed by atoms with E-state index in [0.29, 0.717) is 12.8 Å². The van der Waals surface area contributed by atoms with Crippen LogP contribution in [0.2, 0.25) is 5.02 Å². The summed E-state index contributed by atoms with van der Waals surface area (Å²) in [6.45, 7) is 1.83. The minimum atomic E-state index is -5.03. The van der Waals surface area contributed by atoms with Crippen molar-refractivity contribution in [1.82, 2.24) is 5.01 Å². The van der Waals surface area contributed by atoms with Crippen molar-refractivity contribution in [1.29, 1.82) is 0 Å². The van der Waals surface area contributed by atoms with E-state index in [2.05, 4.69) is 5.10 Å². The van der Waals surface area contributed by atoms with Gasteiger partial charge in [0.1, 0.15) is 0 Å². The molecule has 1 fully saturated rings. The molecule has 0 spiro atoms. The fourth-order valence-electron chi connectivity index (χ4n) is 3.36. The number of alkyl halides is 3. The highest BCUT2D eigenvalue weighted by Gasteiger charge is 2.68. The lowest BCUT2D eigenvalue weighted by molar-refractivity contribution is -0.313. The highest BCUT2D eigenvalue weighted by molar-refractivity contribution is 6.33. The van der Waals surface area contributed by atoms with Crippen LogP contribution in [-0.2, 0) is 0 Å². The number of aliphatic hydroxyl groups is 1. The SMILES string of the molecule is C[C@@H]1CCC2=NN(C(=O)c3ccccc3Cl)[C@](O)(C(F)(F)F)[C@H]2C1. The van der Waals surface area contributed by atoms with Gasteiger partial charge < -0.3 is 5.11 Å². The topological polar surface area (TPSA) is 52.9 Å². The first-order chi connectivity index (χ1) is 11.2. The molecule has 3 rings (SSSR count). The van der Waals surface area contributed by atoms with E-state index in [1.165, 1.54) is 18.2 Å². The molecule has 0 aromatic heterocycles. The van der Waals surface area contributed by atoms with E-state index in [0.717, 1.165) is 0 Å². The number of halogens is 4. The van der Waals surface area contributed by atoms with E-state index >= 15 is 0 Å². The maximum Gasteiger partial charge on any atom is 0.439 e. The molecule has 130 valence electrons. The molecule has 0 unspecified atom stereocenters. The molecule has 1 saturated carbocycles. The Kier molecular flexibility index (Phi) is 4.12. The summed E-state index contributed by atoms with van der Waals surface area (Å²) in [6.07, 6.45) is -3.90. The highest BCUT2D eigenvalue weighted by atomic mass is 35.5. The van der Waals surface area contributed by atoms with Gasteiger partial charge in [-0.1, -0.05) is 30.7 Å². The molecule has 24 heavy (non-hydrogen) atoms. The lowest BCUT2D eigenvalue weighted by Gasteiger charge is -2.39. The van der Waals surface area contributed by atoms with Crippen LogP contribution in [0, 0.1) is 11.8 Å². The zero-order valence-corrected chi connectivity index (χ0v) is 13.6. The summed E-state index contributed by atoms with van der Waals surface area (Å²) >= 11 is 5.92. The summed E-state index contributed by atoms with van der Waals surface area (Å²) in [7, 11) is 0. The van der Waals surface area contributed by atoms with Gasteiger partial charge in [0.05, 0.1) is 16.5 Å². The Labute approximate surface area is 141 Å². The van der Waals surface area contributed by atoms with Crippen LogP contribution in [-0.4, -0.2) is 33.6 Å². The third kappa shape index (κ3) is 2.50. The second-order valence-corrected chi connectivity index (χ2v) is 6.75. The lowest BCUT2D eigenvalue weighted by atomic mass is 9.76. The molecule has 1 aromatic rings. The lowest BCUT2D eigenvalue weighted by Crippen LogP contribution is -2.61. The maximum absolute atomic E-state index is 13.7. The van der Waals surface area contributed by atoms with Gasteiger partial charge in [-0.25, -0.2) is 0 Å². The van der Waals surface area contributed by atoms with Gasteiger partial charge >= 0.3 is 6.18 Å². The molecule has 2 aliphatic rings. The van der Waals surface area contributed by atoms with Gasteiger partial charge in [0.25, 0.3) is 11.6 Å². The van der Waals surface area contributed by atoms with Crippen molar-refractivity contribution in [2.75, 3.05) is 0 Å². The predicted octanol–water partition coefficient (Wildman–Crippen LogP) is 3.84. The van der Waals surface area contributed by atoms with Gasteiger partial charge in [-0.3, -0.25) is 4.79 Å². The molecule has 4 nitrogen and oxygen atoms in total. The number of nitrogens with zero attached hydrogens (tertiary/aromatic N) is 2. The number of carbonyl (C=O) groups excluding carboxylic acids is 1. The number of rotatable bonds is 1. The molecule has 0 bridgehead atoms. The summed E-state index contributed by atoms with van der Waals surface area (Å²) in [4.78, 5) is 12.6. The highest BCUT2D eigenvalue weighted by Crippen LogP contribution is 2.49. The van der Waals surface area contributed by atoms with E-state index < -0.39 is 23.7 Å². The van der Waals surface area contributed by atoms with E-state index in [1.807, 2.05) is 6.92 Å². The normalized spacial score (nSPS) is 30.1. The van der Waals surface area contributed by atoms with Crippen LogP contribution in [0.1, 0.15) is 36.5 Å². The Morgan fingerprint density at radius 3 is 2.71 bits per heavy atom. The third-order valence-electron chi connectivity index (χ3n) is 4.68. The number of benzene rings is 1. The molecule has 8 heteroatoms. The van der Waals surface area contributed by atoms with E-state index in [9.17, 15) is 23.1 Å². The van der Waals surface area contributed by atoms with Crippen LogP contribution in [0.5, 0.6) is 0 Å². The summed E-state index contributed by atoms with van der Waals surface area (Å²) in [6, 6.07) is 5.77. The van der Waals surface area contributed by atoms with Crippen molar-refractivity contribution in [3.8, 4) is 0 Å². The van der Waals surface area contributed by atoms with Gasteiger partial charge in [-0.15, -0.1) is 0 Å². The molecule has 1 aromatic carbocycles. The smallest absolute Gasteiger partial charge is 0.362 e. The fraction of sp³-hybridized carbons (Fsp3) is 0.500. The van der Waals surface area contributed by atoms with Crippen LogP contribution in [0.3, 0.4) is 0 Å². The Morgan fingerprint density at radius 1 is 1.42 bits per heavy atom. The van der Waals surface area contributed by atoms with Crippen molar-refractivity contribution in [3.05, 3.63) is 34.9 Å². The van der Waals surface area contributed by atoms with E-state index in [1.54, 1.807) is 6.07 Å². The average Bonchev–Trinajstić information content (AvgIpc) is 2.81. The first-order valence-corrected chi connectivity index (χ1v) is 7.99. The average molecular weight is 361 g/mol. The first kappa shape index (κ1) is 17.2. The van der Waals surface area contributed by atoms with E-state index in [-0.39, 0.29) is 33.6 Å². The fourth-order valence-corrected chi connectivity index (χ4v) is 3.58. The third-order valence-corrected chi connectivity index (χ3v) is 5.01. The summed E-state index contributed by atoms with van der Waals surface area (Å²) < 4.78 is 41.2. The number of hydrogen-bond donors (Lipinski definition) is 1.